The molecule has 0 spiro atoms. The number of fused-ring (bicyclic) bond motifs is 1. The summed E-state index contributed by atoms with van der Waals surface area (Å²) in [6, 6.07) is 0. The van der Waals surface area contributed by atoms with Crippen molar-refractivity contribution < 1.29 is 13.9 Å². The van der Waals surface area contributed by atoms with E-state index in [-0.39, 0.29) is 5.82 Å². The van der Waals surface area contributed by atoms with Crippen LogP contribution in [0, 0.1) is 0 Å². The average Bonchev–Trinajstić information content (AvgIpc) is 2.87. The molecule has 2 aromatic heterocycles. The van der Waals surface area contributed by atoms with Gasteiger partial charge in [0.2, 0.25) is 11.6 Å². The second-order valence-corrected chi connectivity index (χ2v) is 2.97. The third-order valence-electron chi connectivity index (χ3n) is 2.02. The van der Waals surface area contributed by atoms with Crippen molar-refractivity contribution in [3.05, 3.63) is 12.6 Å². The van der Waals surface area contributed by atoms with Crippen LogP contribution in [0.4, 0.5) is 5.82 Å². The summed E-state index contributed by atoms with van der Waals surface area (Å²) in [6.45, 7) is 0.936. The van der Waals surface area contributed by atoms with Gasteiger partial charge in [-0.15, -0.1) is 5.10 Å². The number of nitrogens with zero attached hydrogens (tertiary/aromatic N) is 3. The van der Waals surface area contributed by atoms with E-state index in [0.29, 0.717) is 30.7 Å². The largest absolute Gasteiger partial charge is 0.482 e. The Bertz CT molecular complexity index is 476. The summed E-state index contributed by atoms with van der Waals surface area (Å²) in [4.78, 5) is 3.79. The zero-order valence-electron chi connectivity index (χ0n) is 7.71. The number of aromatic nitrogens is 3. The lowest BCUT2D eigenvalue weighted by Gasteiger charge is -2.14. The summed E-state index contributed by atoms with van der Waals surface area (Å²) >= 11 is 0. The minimum atomic E-state index is 0.279. The van der Waals surface area contributed by atoms with Crippen LogP contribution in [-0.4, -0.2) is 28.0 Å². The first-order valence-corrected chi connectivity index (χ1v) is 4.39. The van der Waals surface area contributed by atoms with Crippen molar-refractivity contribution in [3.8, 4) is 17.5 Å². The molecule has 0 bridgehead atoms. The highest BCUT2D eigenvalue weighted by Gasteiger charge is 2.24. The lowest BCUT2D eigenvalue weighted by molar-refractivity contribution is 0.163. The molecular weight excluding hydrogens is 200 g/mol. The molecule has 0 saturated carbocycles. The van der Waals surface area contributed by atoms with Crippen LogP contribution in [-0.2, 0) is 0 Å². The summed E-state index contributed by atoms with van der Waals surface area (Å²) in [5.41, 5.74) is 5.67. The molecule has 2 aromatic rings. The van der Waals surface area contributed by atoms with E-state index >= 15 is 0 Å². The summed E-state index contributed by atoms with van der Waals surface area (Å²) < 4.78 is 17.3. The molecule has 0 amide bonds. The Hall–Kier alpha value is -2.18. The Morgan fingerprint density at radius 3 is 3.00 bits per heavy atom. The van der Waals surface area contributed by atoms with Gasteiger partial charge in [-0.2, -0.15) is 4.68 Å². The fraction of sp³-hybridized carbons (Fsp3) is 0.250. The van der Waals surface area contributed by atoms with Crippen molar-refractivity contribution >= 4 is 5.82 Å². The van der Waals surface area contributed by atoms with E-state index in [1.807, 2.05) is 0 Å². The molecule has 1 aliphatic heterocycles. The van der Waals surface area contributed by atoms with Crippen molar-refractivity contribution in [1.82, 2.24) is 14.8 Å². The van der Waals surface area contributed by atoms with Crippen LogP contribution < -0.4 is 15.2 Å². The zero-order chi connectivity index (χ0) is 10.3. The van der Waals surface area contributed by atoms with Crippen LogP contribution in [0.2, 0.25) is 0 Å². The van der Waals surface area contributed by atoms with E-state index in [4.69, 9.17) is 19.6 Å². The number of oxazole rings is 1. The van der Waals surface area contributed by atoms with E-state index in [1.165, 1.54) is 17.3 Å². The van der Waals surface area contributed by atoms with Crippen molar-refractivity contribution in [1.29, 1.82) is 0 Å². The van der Waals surface area contributed by atoms with Crippen LogP contribution in [0.25, 0.3) is 5.88 Å². The number of nitrogens with two attached hydrogens (primary N) is 1. The zero-order valence-corrected chi connectivity index (χ0v) is 7.71. The third-order valence-corrected chi connectivity index (χ3v) is 2.02. The van der Waals surface area contributed by atoms with Gasteiger partial charge < -0.3 is 19.6 Å². The Morgan fingerprint density at radius 1 is 1.33 bits per heavy atom. The lowest BCUT2D eigenvalue weighted by Crippen LogP contribution is -2.16. The second-order valence-electron chi connectivity index (χ2n) is 2.97. The third kappa shape index (κ3) is 1.13. The van der Waals surface area contributed by atoms with Crippen molar-refractivity contribution in [2.24, 2.45) is 0 Å². The standard InChI is InChI=1S/C8H8N4O3/c9-7-6-8(14-2-1-13-6)12(11-7)5-3-10-4-15-5/h3-4H,1-2H2,(H2,9,11). The van der Waals surface area contributed by atoms with Gasteiger partial charge in [0.05, 0.1) is 6.20 Å². The van der Waals surface area contributed by atoms with Gasteiger partial charge in [0, 0.05) is 0 Å². The normalized spacial score (nSPS) is 14.1. The summed E-state index contributed by atoms with van der Waals surface area (Å²) in [6.07, 6.45) is 2.83. The van der Waals surface area contributed by atoms with Gasteiger partial charge in [0.15, 0.2) is 12.2 Å². The number of nitrogen functional groups attached to an aromatic ring is 1. The fourth-order valence-corrected chi connectivity index (χ4v) is 1.41. The molecule has 0 saturated heterocycles. The molecule has 0 fully saturated rings. The molecule has 3 rings (SSSR count). The minimum Gasteiger partial charge on any atom is -0.482 e. The molecule has 0 aromatic carbocycles. The van der Waals surface area contributed by atoms with Crippen LogP contribution in [0.1, 0.15) is 0 Å². The molecule has 7 nitrogen and oxygen atoms in total. The van der Waals surface area contributed by atoms with E-state index in [2.05, 4.69) is 10.1 Å². The fourth-order valence-electron chi connectivity index (χ4n) is 1.41. The Balaban J connectivity index is 2.16. The van der Waals surface area contributed by atoms with Gasteiger partial charge in [0.25, 0.3) is 5.88 Å². The predicted octanol–water partition coefficient (Wildman–Crippen LogP) is 0.214. The first-order valence-electron chi connectivity index (χ1n) is 4.39. The number of hydrogen-bond donors (Lipinski definition) is 1. The number of ether oxygens (including phenoxy) is 2. The van der Waals surface area contributed by atoms with Crippen LogP contribution in [0.15, 0.2) is 17.0 Å². The topological polar surface area (TPSA) is 88.3 Å². The monoisotopic (exact) mass is 208 g/mol. The van der Waals surface area contributed by atoms with Gasteiger partial charge >= 0.3 is 0 Å². The molecule has 78 valence electrons. The van der Waals surface area contributed by atoms with Gasteiger partial charge in [-0.25, -0.2) is 4.98 Å². The highest BCUT2D eigenvalue weighted by Crippen LogP contribution is 2.37. The number of hydrogen-bond acceptors (Lipinski definition) is 6. The molecule has 1 aliphatic rings. The highest BCUT2D eigenvalue weighted by atomic mass is 16.6. The minimum absolute atomic E-state index is 0.279. The lowest BCUT2D eigenvalue weighted by atomic mass is 10.5. The average molecular weight is 208 g/mol. The first kappa shape index (κ1) is 8.16. The molecule has 7 heteroatoms. The van der Waals surface area contributed by atoms with Crippen molar-refractivity contribution in [2.75, 3.05) is 18.9 Å². The Kier molecular flexibility index (Phi) is 1.58. The van der Waals surface area contributed by atoms with Crippen molar-refractivity contribution in [2.45, 2.75) is 0 Å². The van der Waals surface area contributed by atoms with Crippen molar-refractivity contribution in [3.63, 3.8) is 0 Å². The number of rotatable bonds is 1. The summed E-state index contributed by atoms with van der Waals surface area (Å²) in [7, 11) is 0. The summed E-state index contributed by atoms with van der Waals surface area (Å²) in [5.74, 6) is 1.63. The Labute approximate surface area is 84.4 Å². The highest BCUT2D eigenvalue weighted by molar-refractivity contribution is 5.55. The second kappa shape index (κ2) is 2.91. The molecule has 15 heavy (non-hydrogen) atoms. The van der Waals surface area contributed by atoms with Gasteiger partial charge in [-0.05, 0) is 0 Å². The molecule has 0 atom stereocenters. The first-order chi connectivity index (χ1) is 7.36. The molecule has 2 N–H and O–H groups in total. The molecule has 0 aliphatic carbocycles. The van der Waals surface area contributed by atoms with Gasteiger partial charge in [-0.1, -0.05) is 0 Å². The maximum Gasteiger partial charge on any atom is 0.265 e. The van der Waals surface area contributed by atoms with E-state index in [0.717, 1.165) is 0 Å². The molecule has 0 unspecified atom stereocenters. The van der Waals surface area contributed by atoms with E-state index < -0.39 is 0 Å². The van der Waals surface area contributed by atoms with E-state index in [1.54, 1.807) is 0 Å². The molecular formula is C8H8N4O3. The maximum absolute atomic E-state index is 5.67. The van der Waals surface area contributed by atoms with Crippen LogP contribution in [0.3, 0.4) is 0 Å². The maximum atomic E-state index is 5.67. The van der Waals surface area contributed by atoms with Crippen LogP contribution >= 0.6 is 0 Å². The predicted molar refractivity (Wildman–Crippen MR) is 49.0 cm³/mol. The SMILES string of the molecule is Nc1nn(-c2cnco2)c2c1OCCO2. The van der Waals surface area contributed by atoms with Gasteiger partial charge in [0.1, 0.15) is 13.2 Å². The molecule has 3 heterocycles. The quantitative estimate of drug-likeness (QED) is 0.720. The smallest absolute Gasteiger partial charge is 0.265 e. The van der Waals surface area contributed by atoms with E-state index in [9.17, 15) is 0 Å². The van der Waals surface area contributed by atoms with Crippen LogP contribution in [0.5, 0.6) is 11.6 Å². The van der Waals surface area contributed by atoms with Gasteiger partial charge in [-0.3, -0.25) is 0 Å². The summed E-state index contributed by atoms with van der Waals surface area (Å²) in [5, 5.41) is 4.05. The number of anilines is 1. The Morgan fingerprint density at radius 2 is 2.20 bits per heavy atom. The molecule has 0 radical (unpaired) electrons.